The maximum absolute atomic E-state index is 12.3. The molecule has 0 aliphatic heterocycles. The van der Waals surface area contributed by atoms with E-state index < -0.39 is 10.2 Å². The highest BCUT2D eigenvalue weighted by Gasteiger charge is 2.26. The molecule has 0 aliphatic rings. The van der Waals surface area contributed by atoms with Crippen molar-refractivity contribution in [2.45, 2.75) is 40.0 Å². The zero-order chi connectivity index (χ0) is 14.2. The lowest BCUT2D eigenvalue weighted by Crippen LogP contribution is -2.44. The van der Waals surface area contributed by atoms with E-state index in [1.165, 1.54) is 8.61 Å². The van der Waals surface area contributed by atoms with Gasteiger partial charge < -0.3 is 5.11 Å². The molecule has 5 nitrogen and oxygen atoms in total. The first-order valence-electron chi connectivity index (χ1n) is 6.76. The lowest BCUT2D eigenvalue weighted by atomic mass is 10.0. The molecule has 0 aromatic heterocycles. The molecule has 0 fully saturated rings. The predicted molar refractivity (Wildman–Crippen MR) is 74.6 cm³/mol. The van der Waals surface area contributed by atoms with Crippen molar-refractivity contribution in [1.82, 2.24) is 8.61 Å². The van der Waals surface area contributed by atoms with Crippen LogP contribution in [0.1, 0.15) is 40.0 Å². The lowest BCUT2D eigenvalue weighted by Gasteiger charge is -2.29. The summed E-state index contributed by atoms with van der Waals surface area (Å²) in [6, 6.07) is 0. The Balaban J connectivity index is 4.70. The molecule has 0 radical (unpaired) electrons. The van der Waals surface area contributed by atoms with Gasteiger partial charge in [0.1, 0.15) is 0 Å². The molecule has 0 saturated heterocycles. The molecule has 0 aliphatic carbocycles. The van der Waals surface area contributed by atoms with E-state index in [1.54, 1.807) is 7.05 Å². The number of nitrogens with zero attached hydrogens (tertiary/aromatic N) is 2. The third-order valence-electron chi connectivity index (χ3n) is 3.32. The number of hydrogen-bond acceptors (Lipinski definition) is 3. The van der Waals surface area contributed by atoms with E-state index in [0.717, 1.165) is 12.8 Å². The summed E-state index contributed by atoms with van der Waals surface area (Å²) in [4.78, 5) is 0. The molecule has 0 atom stereocenters. The van der Waals surface area contributed by atoms with E-state index in [9.17, 15) is 8.42 Å². The predicted octanol–water partition coefficient (Wildman–Crippen LogP) is 1.30. The first-order valence-corrected chi connectivity index (χ1v) is 8.15. The third kappa shape index (κ3) is 5.22. The summed E-state index contributed by atoms with van der Waals surface area (Å²) in [5.41, 5.74) is 0. The minimum Gasteiger partial charge on any atom is -0.396 e. The monoisotopic (exact) mass is 280 g/mol. The maximum atomic E-state index is 12.3. The highest BCUT2D eigenvalue weighted by molar-refractivity contribution is 7.86. The maximum Gasteiger partial charge on any atom is 0.281 e. The molecule has 0 aromatic carbocycles. The van der Waals surface area contributed by atoms with Crippen molar-refractivity contribution in [3.05, 3.63) is 0 Å². The van der Waals surface area contributed by atoms with E-state index >= 15 is 0 Å². The van der Waals surface area contributed by atoms with Gasteiger partial charge in [-0.2, -0.15) is 17.0 Å². The van der Waals surface area contributed by atoms with Gasteiger partial charge >= 0.3 is 0 Å². The van der Waals surface area contributed by atoms with Crippen LogP contribution < -0.4 is 0 Å². The van der Waals surface area contributed by atoms with Crippen LogP contribution in [0.15, 0.2) is 0 Å². The summed E-state index contributed by atoms with van der Waals surface area (Å²) in [6.45, 7) is 7.47. The van der Waals surface area contributed by atoms with E-state index in [-0.39, 0.29) is 6.61 Å². The molecule has 18 heavy (non-hydrogen) atoms. The van der Waals surface area contributed by atoms with Crippen LogP contribution >= 0.6 is 0 Å². The second-order valence-electron chi connectivity index (χ2n) is 4.54. The Morgan fingerprint density at radius 2 is 1.72 bits per heavy atom. The molecule has 0 spiro atoms. The van der Waals surface area contributed by atoms with E-state index in [0.29, 0.717) is 32.0 Å². The number of aliphatic hydroxyl groups is 1. The van der Waals surface area contributed by atoms with Crippen LogP contribution in [-0.2, 0) is 10.2 Å². The summed E-state index contributed by atoms with van der Waals surface area (Å²) >= 11 is 0. The quantitative estimate of drug-likeness (QED) is 0.656. The Bertz CT molecular complexity index is 302. The zero-order valence-electron chi connectivity index (χ0n) is 12.1. The minimum atomic E-state index is -3.38. The molecule has 0 heterocycles. The van der Waals surface area contributed by atoms with Crippen molar-refractivity contribution < 1.29 is 13.5 Å². The second-order valence-corrected chi connectivity index (χ2v) is 6.58. The van der Waals surface area contributed by atoms with Crippen molar-refractivity contribution >= 4 is 10.2 Å². The van der Waals surface area contributed by atoms with Gasteiger partial charge in [0.2, 0.25) is 0 Å². The van der Waals surface area contributed by atoms with Crippen molar-refractivity contribution in [1.29, 1.82) is 0 Å². The van der Waals surface area contributed by atoms with Gasteiger partial charge in [-0.05, 0) is 12.3 Å². The number of hydrogen-bond donors (Lipinski definition) is 1. The summed E-state index contributed by atoms with van der Waals surface area (Å²) in [5, 5.41) is 8.76. The highest BCUT2D eigenvalue weighted by Crippen LogP contribution is 2.14. The second kappa shape index (κ2) is 8.85. The SMILES string of the molecule is CCC(CC)CN(CC)S(=O)(=O)N(C)CCCO. The van der Waals surface area contributed by atoms with Gasteiger partial charge in [-0.1, -0.05) is 33.6 Å². The van der Waals surface area contributed by atoms with Gasteiger partial charge in [0.25, 0.3) is 10.2 Å². The number of aliphatic hydroxyl groups excluding tert-OH is 1. The van der Waals surface area contributed by atoms with Gasteiger partial charge in [0.05, 0.1) is 0 Å². The fraction of sp³-hybridized carbons (Fsp3) is 1.00. The Kier molecular flexibility index (Phi) is 8.77. The fourth-order valence-electron chi connectivity index (χ4n) is 1.83. The standard InChI is InChI=1S/C12H28N2O3S/c1-5-12(6-2)11-14(7-3)18(16,17)13(4)9-8-10-15/h12,15H,5-11H2,1-4H3. The van der Waals surface area contributed by atoms with E-state index in [2.05, 4.69) is 13.8 Å². The zero-order valence-corrected chi connectivity index (χ0v) is 12.9. The smallest absolute Gasteiger partial charge is 0.281 e. The normalized spacial score (nSPS) is 12.9. The van der Waals surface area contributed by atoms with Gasteiger partial charge in [-0.25, -0.2) is 0 Å². The van der Waals surface area contributed by atoms with Gasteiger partial charge in [0.15, 0.2) is 0 Å². The van der Waals surface area contributed by atoms with Crippen LogP contribution in [0.2, 0.25) is 0 Å². The summed E-state index contributed by atoms with van der Waals surface area (Å²) in [5.74, 6) is 0.408. The first kappa shape index (κ1) is 17.8. The molecule has 0 saturated carbocycles. The topological polar surface area (TPSA) is 60.9 Å². The van der Waals surface area contributed by atoms with Crippen LogP contribution in [0.5, 0.6) is 0 Å². The lowest BCUT2D eigenvalue weighted by molar-refractivity contribution is 0.267. The molecule has 0 unspecified atom stereocenters. The van der Waals surface area contributed by atoms with Gasteiger partial charge in [0, 0.05) is 33.3 Å². The molecule has 0 bridgehead atoms. The molecule has 0 aromatic rings. The van der Waals surface area contributed by atoms with Gasteiger partial charge in [-0.3, -0.25) is 0 Å². The molecule has 0 amide bonds. The first-order chi connectivity index (χ1) is 8.43. The Morgan fingerprint density at radius 1 is 1.17 bits per heavy atom. The highest BCUT2D eigenvalue weighted by atomic mass is 32.2. The van der Waals surface area contributed by atoms with Crippen molar-refractivity contribution in [2.24, 2.45) is 5.92 Å². The van der Waals surface area contributed by atoms with Crippen LogP contribution in [0.3, 0.4) is 0 Å². The van der Waals surface area contributed by atoms with Crippen LogP contribution in [0, 0.1) is 5.92 Å². The Labute approximate surface area is 112 Å². The average molecular weight is 280 g/mol. The third-order valence-corrected chi connectivity index (χ3v) is 5.35. The number of rotatable bonds is 10. The Morgan fingerprint density at radius 3 is 2.11 bits per heavy atom. The fourth-order valence-corrected chi connectivity index (χ4v) is 3.31. The Hall–Kier alpha value is -0.170. The van der Waals surface area contributed by atoms with E-state index in [1.807, 2.05) is 6.92 Å². The van der Waals surface area contributed by atoms with Crippen molar-refractivity contribution in [3.63, 3.8) is 0 Å². The van der Waals surface area contributed by atoms with Crippen LogP contribution in [0.4, 0.5) is 0 Å². The summed E-state index contributed by atoms with van der Waals surface area (Å²) in [6.07, 6.45) is 2.45. The largest absolute Gasteiger partial charge is 0.396 e. The van der Waals surface area contributed by atoms with Crippen molar-refractivity contribution in [3.8, 4) is 0 Å². The molecular weight excluding hydrogens is 252 g/mol. The summed E-state index contributed by atoms with van der Waals surface area (Å²) in [7, 11) is -1.81. The van der Waals surface area contributed by atoms with Crippen LogP contribution in [0.25, 0.3) is 0 Å². The van der Waals surface area contributed by atoms with Gasteiger partial charge in [-0.15, -0.1) is 0 Å². The van der Waals surface area contributed by atoms with E-state index in [4.69, 9.17) is 5.11 Å². The summed E-state index contributed by atoms with van der Waals surface area (Å²) < 4.78 is 27.5. The average Bonchev–Trinajstić information content (AvgIpc) is 2.36. The minimum absolute atomic E-state index is 0.0124. The molecular formula is C12H28N2O3S. The molecule has 6 heteroatoms. The molecule has 1 N–H and O–H groups in total. The molecule has 110 valence electrons. The molecule has 0 rings (SSSR count). The van der Waals surface area contributed by atoms with Crippen LogP contribution in [-0.4, -0.2) is 55.4 Å². The van der Waals surface area contributed by atoms with Crippen molar-refractivity contribution in [2.75, 3.05) is 33.3 Å².